The standard InChI is InChI=1S/C29H26FN7O5/c1-6-22(20-11-23(39-4)24(40-5)12-21(20)32-3)42-19-8-9-26(33-15-19)35-29(38)27-25(41-7-2)16-37(36-27)28-17(13-31)10-18(30)14-34-28/h6,8-12,14-16H,3,7H2,1-2,4-5H3,(H,33,35,38)/b22-6+. The molecule has 13 heteroatoms. The van der Waals surface area contributed by atoms with Gasteiger partial charge in [-0.25, -0.2) is 19.0 Å². The van der Waals surface area contributed by atoms with Crippen molar-refractivity contribution < 1.29 is 28.1 Å². The molecule has 0 aliphatic heterocycles. The van der Waals surface area contributed by atoms with Crippen LogP contribution in [-0.2, 0) is 0 Å². The first-order chi connectivity index (χ1) is 20.3. The molecule has 42 heavy (non-hydrogen) atoms. The van der Waals surface area contributed by atoms with Crippen LogP contribution in [0.5, 0.6) is 23.0 Å². The first-order valence-corrected chi connectivity index (χ1v) is 12.5. The second-order valence-electron chi connectivity index (χ2n) is 8.33. The van der Waals surface area contributed by atoms with Crippen molar-refractivity contribution in [1.29, 1.82) is 5.26 Å². The summed E-state index contributed by atoms with van der Waals surface area (Å²) in [6.45, 7) is 7.42. The summed E-state index contributed by atoms with van der Waals surface area (Å²) in [6, 6.07) is 9.48. The Hall–Kier alpha value is -5.77. The lowest BCUT2D eigenvalue weighted by atomic mass is 10.1. The van der Waals surface area contributed by atoms with E-state index in [1.807, 2.05) is 6.07 Å². The predicted octanol–water partition coefficient (Wildman–Crippen LogP) is 5.11. The zero-order valence-corrected chi connectivity index (χ0v) is 23.2. The van der Waals surface area contributed by atoms with Gasteiger partial charge < -0.3 is 24.3 Å². The molecule has 4 aromatic rings. The average molecular weight is 572 g/mol. The van der Waals surface area contributed by atoms with Crippen LogP contribution in [0.2, 0.25) is 0 Å². The Labute approximate surface area is 240 Å². The summed E-state index contributed by atoms with van der Waals surface area (Å²) >= 11 is 0. The van der Waals surface area contributed by atoms with Gasteiger partial charge in [-0.15, -0.1) is 0 Å². The lowest BCUT2D eigenvalue weighted by Gasteiger charge is -2.15. The maximum atomic E-state index is 13.6. The zero-order valence-electron chi connectivity index (χ0n) is 23.2. The number of benzene rings is 1. The van der Waals surface area contributed by atoms with Crippen LogP contribution in [0.4, 0.5) is 15.9 Å². The Morgan fingerprint density at radius 3 is 2.55 bits per heavy atom. The van der Waals surface area contributed by atoms with Gasteiger partial charge in [0.05, 0.1) is 50.7 Å². The SMILES string of the molecule is C=Nc1cc(OC)c(OC)cc1/C(=C\C)Oc1ccc(NC(=O)c2nn(-c3ncc(F)cc3C#N)cc2OCC)nc1. The summed E-state index contributed by atoms with van der Waals surface area (Å²) in [7, 11) is 3.06. The number of rotatable bonds is 11. The van der Waals surface area contributed by atoms with Gasteiger partial charge in [0.15, 0.2) is 28.8 Å². The van der Waals surface area contributed by atoms with Gasteiger partial charge in [-0.2, -0.15) is 10.4 Å². The van der Waals surface area contributed by atoms with Gasteiger partial charge in [-0.3, -0.25) is 9.79 Å². The third-order valence-corrected chi connectivity index (χ3v) is 5.77. The summed E-state index contributed by atoms with van der Waals surface area (Å²) in [5.74, 6) is 0.943. The van der Waals surface area contributed by atoms with E-state index in [1.54, 1.807) is 44.2 Å². The van der Waals surface area contributed by atoms with Crippen molar-refractivity contribution in [2.24, 2.45) is 4.99 Å². The molecule has 0 saturated heterocycles. The minimum absolute atomic E-state index is 0.0441. The van der Waals surface area contributed by atoms with Gasteiger partial charge in [0.2, 0.25) is 0 Å². The molecule has 0 aliphatic carbocycles. The van der Waals surface area contributed by atoms with Crippen molar-refractivity contribution in [3.8, 4) is 34.9 Å². The van der Waals surface area contributed by atoms with E-state index in [1.165, 1.54) is 31.3 Å². The number of carbonyl (C=O) groups is 1. The molecular formula is C29H26FN7O5. The van der Waals surface area contributed by atoms with E-state index >= 15 is 0 Å². The minimum Gasteiger partial charge on any atom is -0.493 e. The number of hydrogen-bond donors (Lipinski definition) is 1. The maximum absolute atomic E-state index is 13.6. The number of hydrogen-bond acceptors (Lipinski definition) is 10. The number of pyridine rings is 2. The molecule has 214 valence electrons. The molecule has 0 spiro atoms. The predicted molar refractivity (Wildman–Crippen MR) is 152 cm³/mol. The molecule has 0 saturated carbocycles. The van der Waals surface area contributed by atoms with Crippen molar-refractivity contribution in [1.82, 2.24) is 19.7 Å². The molecule has 1 N–H and O–H groups in total. The van der Waals surface area contributed by atoms with Crippen LogP contribution < -0.4 is 24.3 Å². The number of aliphatic imine (C=N–C) groups is 1. The van der Waals surface area contributed by atoms with E-state index in [-0.39, 0.29) is 35.2 Å². The van der Waals surface area contributed by atoms with Crippen LogP contribution >= 0.6 is 0 Å². The van der Waals surface area contributed by atoms with Crippen molar-refractivity contribution in [3.05, 3.63) is 77.6 Å². The second-order valence-corrected chi connectivity index (χ2v) is 8.33. The highest BCUT2D eigenvalue weighted by Crippen LogP contribution is 2.38. The summed E-state index contributed by atoms with van der Waals surface area (Å²) in [5, 5.41) is 16.3. The number of nitriles is 1. The van der Waals surface area contributed by atoms with Gasteiger partial charge >= 0.3 is 0 Å². The van der Waals surface area contributed by atoms with Crippen molar-refractivity contribution >= 4 is 29.9 Å². The van der Waals surface area contributed by atoms with Crippen LogP contribution in [-0.4, -0.2) is 53.2 Å². The molecule has 0 aliphatic rings. The number of methoxy groups -OCH3 is 2. The number of nitrogens with one attached hydrogen (secondary N) is 1. The largest absolute Gasteiger partial charge is 0.493 e. The van der Waals surface area contributed by atoms with Gasteiger partial charge in [0, 0.05) is 11.6 Å². The zero-order chi connectivity index (χ0) is 30.2. The number of halogens is 1. The van der Waals surface area contributed by atoms with Crippen LogP contribution in [0, 0.1) is 17.1 Å². The van der Waals surface area contributed by atoms with Crippen LogP contribution in [0.1, 0.15) is 35.5 Å². The minimum atomic E-state index is -0.674. The van der Waals surface area contributed by atoms with Crippen molar-refractivity contribution in [3.63, 3.8) is 0 Å². The third-order valence-electron chi connectivity index (χ3n) is 5.77. The molecule has 12 nitrogen and oxygen atoms in total. The molecule has 3 aromatic heterocycles. The van der Waals surface area contributed by atoms with Crippen molar-refractivity contribution in [2.75, 3.05) is 26.1 Å². The van der Waals surface area contributed by atoms with E-state index in [0.29, 0.717) is 34.3 Å². The molecule has 0 fully saturated rings. The Balaban J connectivity index is 1.54. The summed E-state index contributed by atoms with van der Waals surface area (Å²) in [4.78, 5) is 25.4. The van der Waals surface area contributed by atoms with Gasteiger partial charge in [0.25, 0.3) is 5.91 Å². The van der Waals surface area contributed by atoms with Gasteiger partial charge in [-0.1, -0.05) is 0 Å². The molecule has 1 amide bonds. The molecule has 0 atom stereocenters. The molecule has 0 bridgehead atoms. The lowest BCUT2D eigenvalue weighted by Crippen LogP contribution is -2.15. The first-order valence-electron chi connectivity index (χ1n) is 12.5. The molecule has 3 heterocycles. The van der Waals surface area contributed by atoms with Crippen LogP contribution in [0.25, 0.3) is 11.6 Å². The first kappa shape index (κ1) is 29.2. The number of allylic oxidation sites excluding steroid dienone is 1. The highest BCUT2D eigenvalue weighted by molar-refractivity contribution is 6.04. The van der Waals surface area contributed by atoms with E-state index in [4.69, 9.17) is 18.9 Å². The van der Waals surface area contributed by atoms with E-state index < -0.39 is 11.7 Å². The fourth-order valence-corrected chi connectivity index (χ4v) is 3.86. The molecule has 1 aromatic carbocycles. The monoisotopic (exact) mass is 571 g/mol. The number of anilines is 1. The summed E-state index contributed by atoms with van der Waals surface area (Å²) in [5.41, 5.74) is 1.01. The number of nitrogens with zero attached hydrogens (tertiary/aromatic N) is 6. The number of ether oxygens (including phenoxy) is 4. The molecule has 0 unspecified atom stereocenters. The normalized spacial score (nSPS) is 10.9. The van der Waals surface area contributed by atoms with Gasteiger partial charge in [0.1, 0.15) is 29.2 Å². The highest BCUT2D eigenvalue weighted by atomic mass is 19.1. The Kier molecular flexibility index (Phi) is 9.08. The lowest BCUT2D eigenvalue weighted by molar-refractivity contribution is 0.101. The fraction of sp³-hybridized carbons (Fsp3) is 0.172. The Bertz CT molecular complexity index is 1690. The Morgan fingerprint density at radius 1 is 1.17 bits per heavy atom. The van der Waals surface area contributed by atoms with Crippen molar-refractivity contribution in [2.45, 2.75) is 13.8 Å². The quantitative estimate of drug-likeness (QED) is 0.192. The topological polar surface area (TPSA) is 146 Å². The fourth-order valence-electron chi connectivity index (χ4n) is 3.86. The Morgan fingerprint density at radius 2 is 1.93 bits per heavy atom. The average Bonchev–Trinajstić information content (AvgIpc) is 3.43. The number of amides is 1. The van der Waals surface area contributed by atoms with E-state index in [0.717, 1.165) is 12.3 Å². The van der Waals surface area contributed by atoms with Crippen LogP contribution in [0.15, 0.2) is 60.0 Å². The smallest absolute Gasteiger partial charge is 0.281 e. The van der Waals surface area contributed by atoms with Crippen LogP contribution in [0.3, 0.4) is 0 Å². The van der Waals surface area contributed by atoms with Gasteiger partial charge in [-0.05, 0) is 50.9 Å². The van der Waals surface area contributed by atoms with E-state index in [9.17, 15) is 14.4 Å². The summed E-state index contributed by atoms with van der Waals surface area (Å²) in [6.07, 6.45) is 5.53. The summed E-state index contributed by atoms with van der Waals surface area (Å²) < 4.78 is 37.1. The molecular weight excluding hydrogens is 545 g/mol. The highest BCUT2D eigenvalue weighted by Gasteiger charge is 2.22. The molecule has 0 radical (unpaired) electrons. The third kappa shape index (κ3) is 6.18. The number of aromatic nitrogens is 4. The van der Waals surface area contributed by atoms with E-state index in [2.05, 4.69) is 32.1 Å². The second kappa shape index (κ2) is 13.1. The maximum Gasteiger partial charge on any atom is 0.281 e. The molecule has 4 rings (SSSR count). The number of carbonyl (C=O) groups excluding carboxylic acids is 1.